The normalized spacial score (nSPS) is 11.0. The van der Waals surface area contributed by atoms with E-state index in [1.807, 2.05) is 44.2 Å². The number of hydrogen-bond acceptors (Lipinski definition) is 4. The first kappa shape index (κ1) is 19.8. The molecule has 1 amide bonds. The van der Waals surface area contributed by atoms with Crippen molar-refractivity contribution in [1.82, 2.24) is 18.7 Å². The van der Waals surface area contributed by atoms with Crippen LogP contribution in [0.2, 0.25) is 0 Å². The van der Waals surface area contributed by atoms with E-state index < -0.39 is 17.2 Å². The van der Waals surface area contributed by atoms with E-state index in [-0.39, 0.29) is 12.2 Å². The van der Waals surface area contributed by atoms with Gasteiger partial charge in [0.1, 0.15) is 6.54 Å². The van der Waals surface area contributed by atoms with Crippen molar-refractivity contribution < 1.29 is 4.79 Å². The van der Waals surface area contributed by atoms with Crippen molar-refractivity contribution >= 4 is 33.2 Å². The van der Waals surface area contributed by atoms with Gasteiger partial charge in [-0.2, -0.15) is 0 Å². The Balaban J connectivity index is 1.65. The first-order valence-corrected chi connectivity index (χ1v) is 9.96. The van der Waals surface area contributed by atoms with Crippen LogP contribution >= 0.6 is 15.9 Å². The Labute approximate surface area is 179 Å². The summed E-state index contributed by atoms with van der Waals surface area (Å²) in [6.45, 7) is 3.56. The maximum atomic E-state index is 12.8. The van der Waals surface area contributed by atoms with Crippen molar-refractivity contribution in [2.24, 2.45) is 0 Å². The Kier molecular flexibility index (Phi) is 5.13. The lowest BCUT2D eigenvalue weighted by atomic mass is 10.1. The zero-order valence-corrected chi connectivity index (χ0v) is 17.9. The van der Waals surface area contributed by atoms with Gasteiger partial charge in [0.25, 0.3) is 0 Å². The Bertz CT molecular complexity index is 1380. The maximum absolute atomic E-state index is 12.8. The number of nitrogens with zero attached hydrogens (tertiary/aromatic N) is 4. The van der Waals surface area contributed by atoms with E-state index in [4.69, 9.17) is 0 Å². The summed E-state index contributed by atoms with van der Waals surface area (Å²) in [7, 11) is 0. The van der Waals surface area contributed by atoms with Gasteiger partial charge in [-0.15, -0.1) is 5.10 Å². The van der Waals surface area contributed by atoms with Gasteiger partial charge in [-0.05, 0) is 49.7 Å². The van der Waals surface area contributed by atoms with Gasteiger partial charge >= 0.3 is 11.2 Å². The molecule has 2 aromatic carbocycles. The number of anilines is 1. The first-order chi connectivity index (χ1) is 14.3. The Morgan fingerprint density at radius 1 is 1.07 bits per heavy atom. The molecule has 2 heterocycles. The number of nitrogens with one attached hydrogen (secondary N) is 1. The lowest BCUT2D eigenvalue weighted by Gasteiger charge is -2.08. The quantitative estimate of drug-likeness (QED) is 0.499. The van der Waals surface area contributed by atoms with E-state index in [1.165, 1.54) is 17.0 Å². The number of halogens is 1. The van der Waals surface area contributed by atoms with Gasteiger partial charge < -0.3 is 5.32 Å². The van der Waals surface area contributed by atoms with Gasteiger partial charge in [0, 0.05) is 28.2 Å². The summed E-state index contributed by atoms with van der Waals surface area (Å²) < 4.78 is 4.41. The number of aryl methyl sites for hydroxylation is 2. The van der Waals surface area contributed by atoms with E-state index in [2.05, 4.69) is 26.3 Å². The van der Waals surface area contributed by atoms with Gasteiger partial charge in [0.05, 0.1) is 0 Å². The minimum absolute atomic E-state index is 0.0512. The predicted octanol–water partition coefficient (Wildman–Crippen LogP) is 2.66. The molecule has 0 bridgehead atoms. The molecule has 2 aromatic heterocycles. The van der Waals surface area contributed by atoms with E-state index in [9.17, 15) is 14.4 Å². The third-order valence-electron chi connectivity index (χ3n) is 4.70. The minimum atomic E-state index is -0.555. The second-order valence-corrected chi connectivity index (χ2v) is 7.87. The van der Waals surface area contributed by atoms with Crippen LogP contribution in [0.15, 0.2) is 68.9 Å². The molecule has 9 heteroatoms. The molecule has 0 saturated heterocycles. The van der Waals surface area contributed by atoms with Crippen molar-refractivity contribution in [2.75, 3.05) is 5.32 Å². The van der Waals surface area contributed by atoms with Crippen molar-refractivity contribution in [3.05, 3.63) is 91.3 Å². The van der Waals surface area contributed by atoms with Crippen LogP contribution in [0.4, 0.5) is 5.69 Å². The van der Waals surface area contributed by atoms with Gasteiger partial charge in [-0.1, -0.05) is 33.6 Å². The standard InChI is InChI=1S/C21H18BrN5O3/c1-13-3-8-17(14(2)11-13)23-18(28)12-27-21(30)26-10-9-25(20(29)19(26)24-27)16-6-4-15(22)5-7-16/h3-11H,12H2,1-2H3,(H,23,28). The fourth-order valence-corrected chi connectivity index (χ4v) is 3.46. The first-order valence-electron chi connectivity index (χ1n) is 9.17. The molecular weight excluding hydrogens is 450 g/mol. The second kappa shape index (κ2) is 7.75. The van der Waals surface area contributed by atoms with E-state index in [1.54, 1.807) is 12.1 Å². The molecule has 0 spiro atoms. The zero-order valence-electron chi connectivity index (χ0n) is 16.3. The average molecular weight is 468 g/mol. The molecule has 0 aliphatic rings. The van der Waals surface area contributed by atoms with Crippen LogP contribution in [0, 0.1) is 13.8 Å². The number of benzene rings is 2. The summed E-state index contributed by atoms with van der Waals surface area (Å²) in [5, 5.41) is 6.88. The number of carbonyl (C=O) groups excluding carboxylic acids is 1. The largest absolute Gasteiger partial charge is 0.351 e. The topological polar surface area (TPSA) is 90.4 Å². The van der Waals surface area contributed by atoms with Crippen LogP contribution in [0.1, 0.15) is 11.1 Å². The summed E-state index contributed by atoms with van der Waals surface area (Å²) >= 11 is 3.36. The Morgan fingerprint density at radius 3 is 2.50 bits per heavy atom. The number of aromatic nitrogens is 4. The number of amides is 1. The van der Waals surface area contributed by atoms with Crippen molar-refractivity contribution in [1.29, 1.82) is 0 Å². The third-order valence-corrected chi connectivity index (χ3v) is 5.23. The highest BCUT2D eigenvalue weighted by atomic mass is 79.9. The summed E-state index contributed by atoms with van der Waals surface area (Å²) in [5.41, 5.74) is 2.25. The fourth-order valence-electron chi connectivity index (χ4n) is 3.20. The van der Waals surface area contributed by atoms with Gasteiger partial charge in [-0.3, -0.25) is 14.2 Å². The van der Waals surface area contributed by atoms with Gasteiger partial charge in [-0.25, -0.2) is 13.9 Å². The van der Waals surface area contributed by atoms with E-state index in [0.29, 0.717) is 11.4 Å². The van der Waals surface area contributed by atoms with Crippen molar-refractivity contribution in [3.8, 4) is 5.69 Å². The molecule has 152 valence electrons. The molecule has 4 rings (SSSR count). The molecule has 0 aliphatic heterocycles. The van der Waals surface area contributed by atoms with Crippen molar-refractivity contribution in [3.63, 3.8) is 0 Å². The predicted molar refractivity (Wildman–Crippen MR) is 117 cm³/mol. The van der Waals surface area contributed by atoms with Crippen LogP contribution in [-0.2, 0) is 11.3 Å². The highest BCUT2D eigenvalue weighted by molar-refractivity contribution is 9.10. The van der Waals surface area contributed by atoms with Crippen LogP contribution in [-0.4, -0.2) is 24.7 Å². The molecule has 30 heavy (non-hydrogen) atoms. The summed E-state index contributed by atoms with van der Waals surface area (Å²) in [6.07, 6.45) is 2.97. The summed E-state index contributed by atoms with van der Waals surface area (Å²) in [6, 6.07) is 12.8. The lowest BCUT2D eigenvalue weighted by molar-refractivity contribution is -0.117. The Hall–Kier alpha value is -3.46. The third kappa shape index (κ3) is 3.71. The van der Waals surface area contributed by atoms with E-state index >= 15 is 0 Å². The highest BCUT2D eigenvalue weighted by Crippen LogP contribution is 2.16. The number of fused-ring (bicyclic) bond motifs is 1. The number of hydrogen-bond donors (Lipinski definition) is 1. The fraction of sp³-hybridized carbons (Fsp3) is 0.143. The molecule has 0 atom stereocenters. The smallest absolute Gasteiger partial charge is 0.324 e. The monoisotopic (exact) mass is 467 g/mol. The van der Waals surface area contributed by atoms with Crippen LogP contribution < -0.4 is 16.6 Å². The van der Waals surface area contributed by atoms with Gasteiger partial charge in [0.2, 0.25) is 11.6 Å². The van der Waals surface area contributed by atoms with Crippen molar-refractivity contribution in [2.45, 2.75) is 20.4 Å². The van der Waals surface area contributed by atoms with Gasteiger partial charge in [0.15, 0.2) is 0 Å². The van der Waals surface area contributed by atoms with Crippen LogP contribution in [0.5, 0.6) is 0 Å². The molecule has 0 unspecified atom stereocenters. The summed E-state index contributed by atoms with van der Waals surface area (Å²) in [4.78, 5) is 37.9. The summed E-state index contributed by atoms with van der Waals surface area (Å²) in [5.74, 6) is -0.402. The molecular formula is C21H18BrN5O3. The molecule has 0 saturated carbocycles. The van der Waals surface area contributed by atoms with Crippen LogP contribution in [0.3, 0.4) is 0 Å². The Morgan fingerprint density at radius 2 is 1.80 bits per heavy atom. The zero-order chi connectivity index (χ0) is 21.4. The maximum Gasteiger partial charge on any atom is 0.351 e. The molecule has 1 N–H and O–H groups in total. The molecule has 8 nitrogen and oxygen atoms in total. The molecule has 0 radical (unpaired) electrons. The average Bonchev–Trinajstić information content (AvgIpc) is 3.02. The SMILES string of the molecule is Cc1ccc(NC(=O)Cn2nc3c(=O)n(-c4ccc(Br)cc4)ccn3c2=O)c(C)c1. The minimum Gasteiger partial charge on any atom is -0.324 e. The lowest BCUT2D eigenvalue weighted by Crippen LogP contribution is -2.28. The number of carbonyl (C=O) groups is 1. The molecule has 0 fully saturated rings. The second-order valence-electron chi connectivity index (χ2n) is 6.95. The highest BCUT2D eigenvalue weighted by Gasteiger charge is 2.15. The van der Waals surface area contributed by atoms with Crippen LogP contribution in [0.25, 0.3) is 11.3 Å². The molecule has 4 aromatic rings. The number of rotatable bonds is 4. The molecule has 0 aliphatic carbocycles. The van der Waals surface area contributed by atoms with E-state index in [0.717, 1.165) is 24.7 Å².